The van der Waals surface area contributed by atoms with Crippen molar-refractivity contribution in [1.82, 2.24) is 0 Å². The Morgan fingerprint density at radius 3 is 1.37 bits per heavy atom. The van der Waals surface area contributed by atoms with E-state index < -0.39 is 23.6 Å². The van der Waals surface area contributed by atoms with Gasteiger partial charge in [-0.25, -0.2) is 9.59 Å². The van der Waals surface area contributed by atoms with Gasteiger partial charge in [-0.2, -0.15) is 0 Å². The molecular weight excluding hydrogens is 444 g/mol. The summed E-state index contributed by atoms with van der Waals surface area (Å²) in [5.41, 5.74) is 2.53. The second-order valence-corrected chi connectivity index (χ2v) is 9.23. The van der Waals surface area contributed by atoms with E-state index in [9.17, 15) is 9.59 Å². The lowest BCUT2D eigenvalue weighted by atomic mass is 9.84. The second kappa shape index (κ2) is 14.6. The Hall–Kier alpha value is -2.70. The highest BCUT2D eigenvalue weighted by molar-refractivity contribution is 5.89. The van der Waals surface area contributed by atoms with Crippen molar-refractivity contribution in [3.8, 4) is 0 Å². The van der Waals surface area contributed by atoms with Crippen LogP contribution in [-0.4, -0.2) is 18.2 Å². The molecule has 0 aliphatic carbocycles. The third-order valence-electron chi connectivity index (χ3n) is 6.62. The van der Waals surface area contributed by atoms with Crippen LogP contribution in [0.3, 0.4) is 0 Å². The van der Waals surface area contributed by atoms with Gasteiger partial charge in [0.25, 0.3) is 6.29 Å². The van der Waals surface area contributed by atoms with Crippen LogP contribution < -0.4 is 0 Å². The van der Waals surface area contributed by atoms with E-state index in [1.54, 1.807) is 24.3 Å². The minimum Gasteiger partial charge on any atom is -0.290 e. The quantitative estimate of drug-likeness (QED) is 0.149. The molecule has 0 saturated carbocycles. The minimum atomic E-state index is -1.09. The molecule has 0 N–H and O–H groups in total. The minimum absolute atomic E-state index is 0.374. The monoisotopic (exact) mass is 484 g/mol. The molecule has 2 aromatic carbocycles. The van der Waals surface area contributed by atoms with Crippen LogP contribution in [0.15, 0.2) is 48.5 Å². The molecule has 0 radical (unpaired) electrons. The lowest BCUT2D eigenvalue weighted by Crippen LogP contribution is -2.37. The van der Waals surface area contributed by atoms with Crippen molar-refractivity contribution in [2.45, 2.75) is 92.3 Å². The van der Waals surface area contributed by atoms with Gasteiger partial charge in [0.15, 0.2) is 0 Å². The fourth-order valence-electron chi connectivity index (χ4n) is 3.48. The van der Waals surface area contributed by atoms with Crippen molar-refractivity contribution in [3.05, 3.63) is 70.8 Å². The van der Waals surface area contributed by atoms with E-state index >= 15 is 0 Å². The fraction of sp³-hybridized carbons (Fsp3) is 0.517. The summed E-state index contributed by atoms with van der Waals surface area (Å²) < 4.78 is 0. The summed E-state index contributed by atoms with van der Waals surface area (Å²) in [5, 5.41) is 0. The zero-order valence-corrected chi connectivity index (χ0v) is 21.8. The van der Waals surface area contributed by atoms with Gasteiger partial charge in [-0.1, -0.05) is 71.7 Å². The molecule has 35 heavy (non-hydrogen) atoms. The molecule has 0 aliphatic heterocycles. The molecule has 0 amide bonds. The molecule has 2 rings (SSSR count). The van der Waals surface area contributed by atoms with Crippen LogP contribution in [0.2, 0.25) is 0 Å². The van der Waals surface area contributed by atoms with Gasteiger partial charge in [0, 0.05) is 5.41 Å². The molecule has 0 heterocycles. The standard InChI is InChI=1S/C29H40O6/c1-6-10-12-22-14-18-24(19-15-22)26(30)32-34-28(29(5,8-3)9-4)35-33-27(31)25-20-16-23(17-21-25)13-11-7-2/h14-21,28H,6-13H2,1-5H3. The largest absolute Gasteiger partial charge is 0.373 e. The van der Waals surface area contributed by atoms with Crippen molar-refractivity contribution in [1.29, 1.82) is 0 Å². The van der Waals surface area contributed by atoms with Crippen LogP contribution in [0.1, 0.15) is 105 Å². The summed E-state index contributed by atoms with van der Waals surface area (Å²) >= 11 is 0. The summed E-state index contributed by atoms with van der Waals surface area (Å²) in [4.78, 5) is 46.1. The van der Waals surface area contributed by atoms with Crippen LogP contribution in [0.25, 0.3) is 0 Å². The molecule has 0 bridgehead atoms. The molecule has 0 atom stereocenters. The number of hydrogen-bond acceptors (Lipinski definition) is 6. The zero-order valence-electron chi connectivity index (χ0n) is 21.8. The van der Waals surface area contributed by atoms with E-state index in [1.807, 2.05) is 45.0 Å². The van der Waals surface area contributed by atoms with E-state index in [4.69, 9.17) is 19.6 Å². The summed E-state index contributed by atoms with van der Waals surface area (Å²) in [6, 6.07) is 14.5. The van der Waals surface area contributed by atoms with E-state index in [0.717, 1.165) is 38.5 Å². The highest BCUT2D eigenvalue weighted by Gasteiger charge is 2.37. The molecule has 0 saturated heterocycles. The molecule has 0 unspecified atom stereocenters. The third-order valence-corrected chi connectivity index (χ3v) is 6.62. The maximum absolute atomic E-state index is 12.5. The van der Waals surface area contributed by atoms with Gasteiger partial charge in [-0.15, -0.1) is 9.78 Å². The third kappa shape index (κ3) is 8.79. The van der Waals surface area contributed by atoms with E-state index in [-0.39, 0.29) is 0 Å². The molecule has 192 valence electrons. The van der Waals surface area contributed by atoms with Crippen molar-refractivity contribution in [2.24, 2.45) is 5.41 Å². The summed E-state index contributed by atoms with van der Waals surface area (Å²) in [7, 11) is 0. The molecule has 6 heteroatoms. The van der Waals surface area contributed by atoms with E-state index in [1.165, 1.54) is 11.1 Å². The Balaban J connectivity index is 1.99. The smallest absolute Gasteiger partial charge is 0.290 e. The van der Waals surface area contributed by atoms with Crippen LogP contribution >= 0.6 is 0 Å². The molecule has 2 aromatic rings. The van der Waals surface area contributed by atoms with Gasteiger partial charge < -0.3 is 0 Å². The highest BCUT2D eigenvalue weighted by Crippen LogP contribution is 2.33. The SMILES string of the molecule is CCCCc1ccc(C(=O)OOC(OOC(=O)c2ccc(CCCC)cc2)C(C)(CC)CC)cc1. The fourth-order valence-corrected chi connectivity index (χ4v) is 3.48. The Morgan fingerprint density at radius 2 is 1.06 bits per heavy atom. The lowest BCUT2D eigenvalue weighted by molar-refractivity contribution is -0.445. The van der Waals surface area contributed by atoms with Gasteiger partial charge in [0.1, 0.15) is 0 Å². The average molecular weight is 485 g/mol. The Labute approximate surface area is 209 Å². The molecule has 0 aromatic heterocycles. The molecule has 0 fully saturated rings. The zero-order chi connectivity index (χ0) is 25.7. The number of hydrogen-bond donors (Lipinski definition) is 0. The summed E-state index contributed by atoms with van der Waals surface area (Å²) in [6.07, 6.45) is 6.58. The van der Waals surface area contributed by atoms with Crippen LogP contribution in [-0.2, 0) is 32.4 Å². The number of benzene rings is 2. The highest BCUT2D eigenvalue weighted by atomic mass is 17.3. The van der Waals surface area contributed by atoms with Crippen molar-refractivity contribution in [2.75, 3.05) is 0 Å². The number of rotatable bonds is 15. The number of aryl methyl sites for hydroxylation is 2. The van der Waals surface area contributed by atoms with Gasteiger partial charge in [0.05, 0.1) is 11.1 Å². The first-order valence-corrected chi connectivity index (χ1v) is 12.8. The Morgan fingerprint density at radius 1 is 0.686 bits per heavy atom. The Kier molecular flexibility index (Phi) is 11.9. The van der Waals surface area contributed by atoms with Crippen molar-refractivity contribution < 1.29 is 29.1 Å². The summed E-state index contributed by atoms with van der Waals surface area (Å²) in [5.74, 6) is -1.27. The topological polar surface area (TPSA) is 71.1 Å². The number of carbonyl (C=O) groups excluding carboxylic acids is 2. The van der Waals surface area contributed by atoms with Crippen molar-refractivity contribution in [3.63, 3.8) is 0 Å². The maximum Gasteiger partial charge on any atom is 0.373 e. The maximum atomic E-state index is 12.5. The summed E-state index contributed by atoms with van der Waals surface area (Å²) in [6.45, 7) is 10.1. The number of carbonyl (C=O) groups is 2. The van der Waals surface area contributed by atoms with Crippen LogP contribution in [0.4, 0.5) is 0 Å². The average Bonchev–Trinajstić information content (AvgIpc) is 2.90. The van der Waals surface area contributed by atoms with Crippen LogP contribution in [0.5, 0.6) is 0 Å². The second-order valence-electron chi connectivity index (χ2n) is 9.23. The van der Waals surface area contributed by atoms with Crippen molar-refractivity contribution >= 4 is 11.9 Å². The van der Waals surface area contributed by atoms with Gasteiger partial charge in [-0.05, 0) is 73.9 Å². The van der Waals surface area contributed by atoms with Gasteiger partial charge in [-0.3, -0.25) is 9.78 Å². The van der Waals surface area contributed by atoms with Gasteiger partial charge in [0.2, 0.25) is 0 Å². The first kappa shape index (κ1) is 28.5. The predicted octanol–water partition coefficient (Wildman–Crippen LogP) is 7.40. The molecule has 6 nitrogen and oxygen atoms in total. The van der Waals surface area contributed by atoms with E-state index in [0.29, 0.717) is 24.0 Å². The molecular formula is C29H40O6. The van der Waals surface area contributed by atoms with Gasteiger partial charge >= 0.3 is 11.9 Å². The lowest BCUT2D eigenvalue weighted by Gasteiger charge is -2.32. The Bertz CT molecular complexity index is 832. The first-order valence-electron chi connectivity index (χ1n) is 12.8. The first-order chi connectivity index (χ1) is 16.9. The molecule has 0 spiro atoms. The number of unbranched alkanes of at least 4 members (excludes halogenated alkanes) is 2. The van der Waals surface area contributed by atoms with Crippen LogP contribution in [0, 0.1) is 5.41 Å². The van der Waals surface area contributed by atoms with E-state index in [2.05, 4.69) is 13.8 Å². The predicted molar refractivity (Wildman–Crippen MR) is 136 cm³/mol. The normalized spacial score (nSPS) is 11.5. The molecule has 0 aliphatic rings.